The topological polar surface area (TPSA) is 377 Å². The number of hydrogen-bond acceptors (Lipinski definition) is 23. The Labute approximate surface area is 450 Å². The lowest BCUT2D eigenvalue weighted by molar-refractivity contribution is -0.377. The van der Waals surface area contributed by atoms with E-state index in [1.54, 1.807) is 19.9 Å². The highest BCUT2D eigenvalue weighted by molar-refractivity contribution is 5.21. The molecule has 4 saturated heterocycles. The fourth-order valence-electron chi connectivity index (χ4n) is 16.1. The van der Waals surface area contributed by atoms with Gasteiger partial charge in [0.2, 0.25) is 0 Å². The van der Waals surface area contributed by atoms with Crippen molar-refractivity contribution in [3.63, 3.8) is 0 Å². The summed E-state index contributed by atoms with van der Waals surface area (Å²) in [4.78, 5) is 0. The van der Waals surface area contributed by atoms with E-state index in [0.717, 1.165) is 12.8 Å². The second kappa shape index (κ2) is 22.8. The van der Waals surface area contributed by atoms with Crippen LogP contribution in [0, 0.1) is 45.3 Å². The van der Waals surface area contributed by atoms with Gasteiger partial charge in [0.05, 0.1) is 49.3 Å². The van der Waals surface area contributed by atoms with E-state index in [2.05, 4.69) is 34.6 Å². The number of hydrogen-bond donors (Lipinski definition) is 15. The zero-order valence-electron chi connectivity index (χ0n) is 45.9. The highest BCUT2D eigenvalue weighted by atomic mass is 16.8. The Kier molecular flexibility index (Phi) is 18.3. The monoisotopic (exact) mass is 1110 g/mol. The van der Waals surface area contributed by atoms with Crippen LogP contribution < -0.4 is 0 Å². The third-order valence-corrected chi connectivity index (χ3v) is 20.8. The van der Waals surface area contributed by atoms with Gasteiger partial charge in [0, 0.05) is 5.41 Å². The standard InChI is InChI=1S/C54H92O23/c1-23-33(58)37(62)42(67)46(71-23)76-44-40(65)35(60)27(21-56)73-48(44)75-32-14-17-51(6)29-12-11-24-25(13-18-52(24,7)54(29,9)31(57)19-30(51)50(32,4)5)53(8,16-10-15-49(2,3)69)77-47-43(68)39(64)36(61)28(74-47)22-70-45-41(66)38(63)34(59)26(20-55)72-45/h10,15,23-48,55-69H,11-14,16-22H2,1-9H3/b15-10+/t23-,24+,25-,26+,27+,28+,29+,30-,31-,32-,33-,34+,35+,36+,37+,38-,39-,40-,41+,42+,43+,44+,45+,46-,47-,48-,51+,52+,53-,54-/m0/s1. The SMILES string of the molecule is C[C@@H]1O[C@@H](O[C@H]2[C@H](O[C@H]3CC[C@]4(C)[C@H]5CC[C@@H]6[C@@H]([C@](C)(C/C=C/C(C)(C)O)O[C@@H]7O[C@H](CO[C@@H]8O[C@H](CO)[C@@H](O)[C@H](O)[C@H]8O)[C@@H](O)[C@H](O)[C@H]7O)CC[C@@]6(C)[C@]5(C)[C@@H](O)C[C@H]4C3(C)C)O[C@H](CO)[C@@H](O)[C@@H]2O)[C@H](O)[C@H](O)[C@H]1O. The molecule has 0 bridgehead atoms. The fraction of sp³-hybridized carbons (Fsp3) is 0.963. The Morgan fingerprint density at radius 1 is 0.571 bits per heavy atom. The van der Waals surface area contributed by atoms with Gasteiger partial charge < -0.3 is 114 Å². The van der Waals surface area contributed by atoms with Crippen molar-refractivity contribution >= 4 is 0 Å². The van der Waals surface area contributed by atoms with Crippen molar-refractivity contribution in [2.75, 3.05) is 19.8 Å². The van der Waals surface area contributed by atoms with E-state index in [4.69, 9.17) is 37.9 Å². The van der Waals surface area contributed by atoms with Crippen molar-refractivity contribution in [3.05, 3.63) is 12.2 Å². The summed E-state index contributed by atoms with van der Waals surface area (Å²) in [5.41, 5.74) is -4.41. The van der Waals surface area contributed by atoms with Crippen molar-refractivity contribution in [1.29, 1.82) is 0 Å². The minimum atomic E-state index is -1.78. The fourth-order valence-corrected chi connectivity index (χ4v) is 16.1. The van der Waals surface area contributed by atoms with Crippen LogP contribution >= 0.6 is 0 Å². The summed E-state index contributed by atoms with van der Waals surface area (Å²) in [5, 5.41) is 163. The van der Waals surface area contributed by atoms with Gasteiger partial charge >= 0.3 is 0 Å². The quantitative estimate of drug-likeness (QED) is 0.0611. The molecular formula is C54H92O23. The summed E-state index contributed by atoms with van der Waals surface area (Å²) in [6, 6.07) is 0. The minimum Gasteiger partial charge on any atom is -0.394 e. The van der Waals surface area contributed by atoms with Crippen LogP contribution in [-0.2, 0) is 37.9 Å². The molecule has 8 rings (SSSR count). The molecule has 446 valence electrons. The van der Waals surface area contributed by atoms with Gasteiger partial charge in [0.1, 0.15) is 91.6 Å². The van der Waals surface area contributed by atoms with Gasteiger partial charge in [-0.3, -0.25) is 0 Å². The summed E-state index contributed by atoms with van der Waals surface area (Å²) in [7, 11) is 0. The van der Waals surface area contributed by atoms with E-state index in [1.807, 2.05) is 13.0 Å². The van der Waals surface area contributed by atoms with Crippen molar-refractivity contribution in [3.8, 4) is 0 Å². The number of aliphatic hydroxyl groups excluding tert-OH is 14. The summed E-state index contributed by atoms with van der Waals surface area (Å²) >= 11 is 0. The van der Waals surface area contributed by atoms with E-state index in [-0.39, 0.29) is 35.5 Å². The molecule has 15 N–H and O–H groups in total. The first kappa shape index (κ1) is 61.9. The van der Waals surface area contributed by atoms with Crippen molar-refractivity contribution in [1.82, 2.24) is 0 Å². The first-order chi connectivity index (χ1) is 35.8. The van der Waals surface area contributed by atoms with E-state index in [9.17, 15) is 76.6 Å². The predicted octanol–water partition coefficient (Wildman–Crippen LogP) is -2.20. The lowest BCUT2D eigenvalue weighted by Gasteiger charge is -2.71. The van der Waals surface area contributed by atoms with E-state index in [0.29, 0.717) is 32.1 Å². The molecule has 0 unspecified atom stereocenters. The van der Waals surface area contributed by atoms with Crippen LogP contribution in [0.15, 0.2) is 12.2 Å². The largest absolute Gasteiger partial charge is 0.394 e. The maximum absolute atomic E-state index is 12.9. The van der Waals surface area contributed by atoms with Gasteiger partial charge in [0.25, 0.3) is 0 Å². The molecule has 30 atom stereocenters. The Morgan fingerprint density at radius 2 is 1.13 bits per heavy atom. The highest BCUT2D eigenvalue weighted by Crippen LogP contribution is 2.76. The molecular weight excluding hydrogens is 1020 g/mol. The first-order valence-electron chi connectivity index (χ1n) is 27.8. The van der Waals surface area contributed by atoms with Gasteiger partial charge in [0.15, 0.2) is 25.2 Å². The Morgan fingerprint density at radius 3 is 1.75 bits per heavy atom. The van der Waals surface area contributed by atoms with E-state index >= 15 is 0 Å². The second-order valence-electron chi connectivity index (χ2n) is 26.1. The molecule has 8 fully saturated rings. The third-order valence-electron chi connectivity index (χ3n) is 20.8. The van der Waals surface area contributed by atoms with E-state index < -0.39 is 182 Å². The maximum atomic E-state index is 12.9. The molecule has 0 spiro atoms. The predicted molar refractivity (Wildman–Crippen MR) is 266 cm³/mol. The van der Waals surface area contributed by atoms with E-state index in [1.165, 1.54) is 6.92 Å². The second-order valence-corrected chi connectivity index (χ2v) is 26.1. The Balaban J connectivity index is 1.02. The Hall–Kier alpha value is -1.18. The molecule has 0 aromatic heterocycles. The first-order valence-corrected chi connectivity index (χ1v) is 27.8. The summed E-state index contributed by atoms with van der Waals surface area (Å²) in [5.74, 6) is -0.369. The summed E-state index contributed by atoms with van der Waals surface area (Å²) < 4.78 is 49.0. The zero-order valence-corrected chi connectivity index (χ0v) is 45.9. The van der Waals surface area contributed by atoms with Crippen LogP contribution in [0.5, 0.6) is 0 Å². The number of aliphatic hydroxyl groups is 15. The molecule has 0 amide bonds. The molecule has 4 aliphatic carbocycles. The highest BCUT2D eigenvalue weighted by Gasteiger charge is 2.73. The van der Waals surface area contributed by atoms with Crippen LogP contribution in [-0.4, -0.2) is 243 Å². The molecule has 8 aliphatic rings. The molecule has 4 saturated carbocycles. The smallest absolute Gasteiger partial charge is 0.187 e. The molecule has 23 heteroatoms. The third kappa shape index (κ3) is 10.9. The minimum absolute atomic E-state index is 0.0160. The van der Waals surface area contributed by atoms with Crippen LogP contribution in [0.25, 0.3) is 0 Å². The van der Waals surface area contributed by atoms with Gasteiger partial charge in [-0.2, -0.15) is 0 Å². The Bertz CT molecular complexity index is 2010. The van der Waals surface area contributed by atoms with Gasteiger partial charge in [-0.25, -0.2) is 0 Å². The maximum Gasteiger partial charge on any atom is 0.187 e. The van der Waals surface area contributed by atoms with Crippen LogP contribution in [0.3, 0.4) is 0 Å². The van der Waals surface area contributed by atoms with Crippen LogP contribution in [0.1, 0.15) is 114 Å². The van der Waals surface area contributed by atoms with Crippen LogP contribution in [0.2, 0.25) is 0 Å². The summed E-state index contributed by atoms with van der Waals surface area (Å²) in [6.07, 6.45) is -24.0. The van der Waals surface area contributed by atoms with Gasteiger partial charge in [-0.05, 0) is 119 Å². The summed E-state index contributed by atoms with van der Waals surface area (Å²) in [6.45, 7) is 15.7. The molecule has 77 heavy (non-hydrogen) atoms. The number of fused-ring (bicyclic) bond motifs is 5. The molecule has 0 aromatic rings. The van der Waals surface area contributed by atoms with Crippen molar-refractivity contribution in [2.45, 2.75) is 260 Å². The van der Waals surface area contributed by atoms with Gasteiger partial charge in [-0.15, -0.1) is 0 Å². The number of rotatable bonds is 15. The van der Waals surface area contributed by atoms with Crippen LogP contribution in [0.4, 0.5) is 0 Å². The average molecular weight is 1110 g/mol. The lowest BCUT2D eigenvalue weighted by Crippen LogP contribution is -2.69. The molecule has 0 radical (unpaired) electrons. The average Bonchev–Trinajstić information content (AvgIpc) is 3.78. The molecule has 4 aliphatic heterocycles. The zero-order chi connectivity index (χ0) is 56.9. The van der Waals surface area contributed by atoms with Crippen molar-refractivity contribution < 1.29 is 114 Å². The molecule has 0 aromatic carbocycles. The van der Waals surface area contributed by atoms with Gasteiger partial charge in [-0.1, -0.05) is 46.8 Å². The lowest BCUT2D eigenvalue weighted by atomic mass is 9.34. The van der Waals surface area contributed by atoms with Crippen molar-refractivity contribution in [2.24, 2.45) is 45.3 Å². The molecule has 4 heterocycles. The number of ether oxygens (including phenoxy) is 8. The molecule has 23 nitrogen and oxygen atoms in total. The normalized spacial score (nSPS) is 53.1.